The first-order valence-corrected chi connectivity index (χ1v) is 5.15. The second-order valence-electron chi connectivity index (χ2n) is 3.02. The third-order valence-corrected chi connectivity index (χ3v) is 1.57. The highest BCUT2D eigenvalue weighted by Crippen LogP contribution is 1.96. The molecule has 84 valence electrons. The van der Waals surface area contributed by atoms with Crippen LogP contribution in [0.15, 0.2) is 12.3 Å². The maximum absolute atomic E-state index is 9.76. The Bertz CT molecular complexity index is 132. The Labute approximate surface area is 86.5 Å². The van der Waals surface area contributed by atoms with Crippen LogP contribution in [0.1, 0.15) is 46.0 Å². The van der Waals surface area contributed by atoms with Crippen molar-refractivity contribution < 1.29 is 15.0 Å². The third-order valence-electron chi connectivity index (χ3n) is 1.57. The van der Waals surface area contributed by atoms with Crippen LogP contribution in [0, 0.1) is 0 Å². The van der Waals surface area contributed by atoms with E-state index < -0.39 is 6.10 Å². The van der Waals surface area contributed by atoms with Crippen molar-refractivity contribution in [3.05, 3.63) is 12.3 Å². The summed E-state index contributed by atoms with van der Waals surface area (Å²) in [6, 6.07) is 0. The second-order valence-corrected chi connectivity index (χ2v) is 3.02. The van der Waals surface area contributed by atoms with E-state index in [9.17, 15) is 4.79 Å². The first-order valence-electron chi connectivity index (χ1n) is 5.15. The number of allylic oxidation sites excluding steroid dienone is 1. The van der Waals surface area contributed by atoms with Gasteiger partial charge in [-0.25, -0.2) is 0 Å². The van der Waals surface area contributed by atoms with Crippen molar-refractivity contribution in [3.63, 3.8) is 0 Å². The molecule has 14 heavy (non-hydrogen) atoms. The van der Waals surface area contributed by atoms with Crippen LogP contribution in [0.2, 0.25) is 0 Å². The number of carbonyl (C=O) groups excluding carboxylic acids is 1. The molecule has 0 aromatic rings. The van der Waals surface area contributed by atoms with Gasteiger partial charge in [-0.3, -0.25) is 0 Å². The maximum Gasteiger partial charge on any atom is 0.148 e. The highest BCUT2D eigenvalue weighted by atomic mass is 16.3. The lowest BCUT2D eigenvalue weighted by molar-refractivity contribution is -0.115. The lowest BCUT2D eigenvalue weighted by Crippen LogP contribution is -2.06. The van der Waals surface area contributed by atoms with Crippen molar-refractivity contribution in [1.29, 1.82) is 0 Å². The molecule has 0 bridgehead atoms. The largest absolute Gasteiger partial charge is 0.516 e. The van der Waals surface area contributed by atoms with E-state index in [1.165, 1.54) is 0 Å². The number of aliphatic hydroxyl groups excluding tert-OH is 2. The molecule has 0 spiro atoms. The molecule has 0 aromatic heterocycles. The minimum atomic E-state index is -0.727. The summed E-state index contributed by atoms with van der Waals surface area (Å²) >= 11 is 0. The van der Waals surface area contributed by atoms with Gasteiger partial charge in [0.2, 0.25) is 0 Å². The van der Waals surface area contributed by atoms with Gasteiger partial charge in [0.15, 0.2) is 0 Å². The quantitative estimate of drug-likeness (QED) is 0.514. The predicted octanol–water partition coefficient (Wildman–Crippen LogP) is 2.59. The number of aldehydes is 1. The van der Waals surface area contributed by atoms with Crippen LogP contribution in [0.3, 0.4) is 0 Å². The molecule has 0 radical (unpaired) electrons. The van der Waals surface area contributed by atoms with Crippen molar-refractivity contribution >= 4 is 6.29 Å². The molecule has 3 heteroatoms. The first-order chi connectivity index (χ1) is 6.72. The molecule has 0 aliphatic rings. The van der Waals surface area contributed by atoms with Crippen molar-refractivity contribution in [2.45, 2.75) is 52.1 Å². The summed E-state index contributed by atoms with van der Waals surface area (Å²) in [6.07, 6.45) is 7.34. The van der Waals surface area contributed by atoms with E-state index >= 15 is 0 Å². The molecule has 0 aromatic carbocycles. The van der Waals surface area contributed by atoms with E-state index in [2.05, 4.69) is 6.92 Å². The minimum Gasteiger partial charge on any atom is -0.516 e. The molecule has 3 nitrogen and oxygen atoms in total. The van der Waals surface area contributed by atoms with E-state index in [-0.39, 0.29) is 0 Å². The summed E-state index contributed by atoms with van der Waals surface area (Å²) in [4.78, 5) is 9.76. The molecule has 1 atom stereocenters. The molecule has 2 N–H and O–H groups in total. The predicted molar refractivity (Wildman–Crippen MR) is 58.3 cm³/mol. The number of rotatable bonds is 6. The zero-order valence-electron chi connectivity index (χ0n) is 9.15. The number of carbonyl (C=O) groups is 1. The zero-order valence-corrected chi connectivity index (χ0v) is 9.15. The smallest absolute Gasteiger partial charge is 0.148 e. The molecular weight excluding hydrogens is 180 g/mol. The van der Waals surface area contributed by atoms with Gasteiger partial charge >= 0.3 is 0 Å². The van der Waals surface area contributed by atoms with Crippen LogP contribution in [-0.4, -0.2) is 22.6 Å². The lowest BCUT2D eigenvalue weighted by atomic mass is 10.2. The van der Waals surface area contributed by atoms with E-state index in [1.54, 1.807) is 6.08 Å². The highest BCUT2D eigenvalue weighted by Gasteiger charge is 1.97. The van der Waals surface area contributed by atoms with E-state index in [4.69, 9.17) is 10.2 Å². The van der Waals surface area contributed by atoms with Gasteiger partial charge in [0, 0.05) is 0 Å². The standard InChI is InChI=1S/C6H12O2.C5H10O/c1-2-3-4-6(8)5-7;1-2-3-4-5-6/h5-6,8H,2-4H2,1H3;4-6H,2-3H2,1H3. The van der Waals surface area contributed by atoms with Crippen LogP contribution in [-0.2, 0) is 4.79 Å². The van der Waals surface area contributed by atoms with Gasteiger partial charge in [0.05, 0.1) is 6.26 Å². The normalized spacial score (nSPS) is 11.9. The van der Waals surface area contributed by atoms with Crippen LogP contribution in [0.5, 0.6) is 0 Å². The fourth-order valence-electron chi connectivity index (χ4n) is 0.723. The average molecular weight is 202 g/mol. The Balaban J connectivity index is 0. The maximum atomic E-state index is 9.76. The Hall–Kier alpha value is -0.830. The first kappa shape index (κ1) is 15.6. The average Bonchev–Trinajstić information content (AvgIpc) is 2.23. The van der Waals surface area contributed by atoms with Gasteiger partial charge in [0.25, 0.3) is 0 Å². The Morgan fingerprint density at radius 3 is 2.21 bits per heavy atom. The fourth-order valence-corrected chi connectivity index (χ4v) is 0.723. The van der Waals surface area contributed by atoms with Crippen LogP contribution >= 0.6 is 0 Å². The Kier molecular flexibility index (Phi) is 16.4. The van der Waals surface area contributed by atoms with Gasteiger partial charge < -0.3 is 15.0 Å². The molecular formula is C11H22O3. The van der Waals surface area contributed by atoms with E-state index in [0.29, 0.717) is 12.7 Å². The summed E-state index contributed by atoms with van der Waals surface area (Å²) in [5, 5.41) is 16.6. The topological polar surface area (TPSA) is 57.5 Å². The van der Waals surface area contributed by atoms with Gasteiger partial charge in [-0.2, -0.15) is 0 Å². The van der Waals surface area contributed by atoms with Crippen molar-refractivity contribution in [2.75, 3.05) is 0 Å². The summed E-state index contributed by atoms with van der Waals surface area (Å²) in [6.45, 7) is 4.09. The summed E-state index contributed by atoms with van der Waals surface area (Å²) < 4.78 is 0. The summed E-state index contributed by atoms with van der Waals surface area (Å²) in [7, 11) is 0. The molecule has 0 rings (SSSR count). The third kappa shape index (κ3) is 17.3. The number of hydrogen-bond donors (Lipinski definition) is 2. The Morgan fingerprint density at radius 1 is 1.29 bits per heavy atom. The van der Waals surface area contributed by atoms with Gasteiger partial charge in [-0.15, -0.1) is 0 Å². The molecule has 0 saturated carbocycles. The highest BCUT2D eigenvalue weighted by molar-refractivity contribution is 5.55. The zero-order chi connectivity index (χ0) is 11.2. The molecule has 0 aliphatic carbocycles. The molecule has 0 amide bonds. The molecule has 0 saturated heterocycles. The van der Waals surface area contributed by atoms with Crippen LogP contribution < -0.4 is 0 Å². The number of aliphatic hydroxyl groups is 2. The number of unbranched alkanes of at least 4 members (excludes halogenated alkanes) is 2. The summed E-state index contributed by atoms with van der Waals surface area (Å²) in [5.41, 5.74) is 0. The van der Waals surface area contributed by atoms with Gasteiger partial charge in [-0.05, 0) is 12.8 Å². The number of hydrogen-bond acceptors (Lipinski definition) is 3. The van der Waals surface area contributed by atoms with E-state index in [0.717, 1.165) is 31.9 Å². The van der Waals surface area contributed by atoms with Crippen molar-refractivity contribution in [2.24, 2.45) is 0 Å². The van der Waals surface area contributed by atoms with Crippen LogP contribution in [0.25, 0.3) is 0 Å². The molecule has 0 fully saturated rings. The van der Waals surface area contributed by atoms with Crippen molar-refractivity contribution in [1.82, 2.24) is 0 Å². The molecule has 1 unspecified atom stereocenters. The molecule has 0 heterocycles. The summed E-state index contributed by atoms with van der Waals surface area (Å²) in [5.74, 6) is 0. The fraction of sp³-hybridized carbons (Fsp3) is 0.727. The van der Waals surface area contributed by atoms with Gasteiger partial charge in [-0.1, -0.05) is 39.2 Å². The van der Waals surface area contributed by atoms with Crippen LogP contribution in [0.4, 0.5) is 0 Å². The Morgan fingerprint density at radius 2 is 1.93 bits per heavy atom. The second kappa shape index (κ2) is 14.7. The van der Waals surface area contributed by atoms with Gasteiger partial charge in [0.1, 0.15) is 12.4 Å². The SMILES string of the molecule is CCCC=CO.CCCCC(O)C=O. The molecule has 0 aliphatic heterocycles. The van der Waals surface area contributed by atoms with Crippen molar-refractivity contribution in [3.8, 4) is 0 Å². The monoisotopic (exact) mass is 202 g/mol. The van der Waals surface area contributed by atoms with E-state index in [1.807, 2.05) is 6.92 Å². The minimum absolute atomic E-state index is 0.579. The lowest BCUT2D eigenvalue weighted by Gasteiger charge is -1.97.